The minimum atomic E-state index is -3.66. The molecule has 2 atom stereocenters. The third kappa shape index (κ3) is 3.36. The molecule has 0 saturated carbocycles. The SMILES string of the molecule is COc1cc(C#N)ccc1S(=O)(=O)N1CC(CN)CC1C.Cl. The zero-order valence-corrected chi connectivity index (χ0v) is 14.2. The van der Waals surface area contributed by atoms with Crippen molar-refractivity contribution < 1.29 is 13.2 Å². The minimum Gasteiger partial charge on any atom is -0.495 e. The van der Waals surface area contributed by atoms with Crippen LogP contribution in [0.4, 0.5) is 0 Å². The molecule has 0 amide bonds. The molecular formula is C14H20ClN3O3S. The van der Waals surface area contributed by atoms with Crippen molar-refractivity contribution in [3.05, 3.63) is 23.8 Å². The number of hydrogen-bond acceptors (Lipinski definition) is 5. The first-order chi connectivity index (χ1) is 9.93. The van der Waals surface area contributed by atoms with Gasteiger partial charge in [0.2, 0.25) is 10.0 Å². The van der Waals surface area contributed by atoms with Crippen LogP contribution in [0, 0.1) is 17.2 Å². The van der Waals surface area contributed by atoms with Gasteiger partial charge in [0.1, 0.15) is 10.6 Å². The van der Waals surface area contributed by atoms with Gasteiger partial charge in [0.05, 0.1) is 18.7 Å². The van der Waals surface area contributed by atoms with Crippen molar-refractivity contribution in [2.24, 2.45) is 11.7 Å². The van der Waals surface area contributed by atoms with Gasteiger partial charge in [-0.3, -0.25) is 0 Å². The van der Waals surface area contributed by atoms with Crippen molar-refractivity contribution in [3.8, 4) is 11.8 Å². The lowest BCUT2D eigenvalue weighted by Gasteiger charge is -2.22. The van der Waals surface area contributed by atoms with E-state index in [2.05, 4.69) is 0 Å². The van der Waals surface area contributed by atoms with Gasteiger partial charge in [0.15, 0.2) is 0 Å². The highest BCUT2D eigenvalue weighted by atomic mass is 35.5. The Balaban J connectivity index is 0.00000242. The highest BCUT2D eigenvalue weighted by Gasteiger charge is 2.38. The van der Waals surface area contributed by atoms with E-state index in [9.17, 15) is 8.42 Å². The second kappa shape index (κ2) is 7.29. The van der Waals surface area contributed by atoms with Crippen LogP contribution >= 0.6 is 12.4 Å². The number of methoxy groups -OCH3 is 1. The Morgan fingerprint density at radius 2 is 2.18 bits per heavy atom. The third-order valence-corrected chi connectivity index (χ3v) is 5.84. The first-order valence-corrected chi connectivity index (χ1v) is 8.18. The average Bonchev–Trinajstić information content (AvgIpc) is 2.88. The molecule has 1 aliphatic heterocycles. The largest absolute Gasteiger partial charge is 0.495 e. The standard InChI is InChI=1S/C14H19N3O3S.ClH/c1-10-5-12(8-16)9-17(10)21(18,19)14-4-3-11(7-15)6-13(14)20-2;/h3-4,6,10,12H,5,8-9,16H2,1-2H3;1H. The lowest BCUT2D eigenvalue weighted by Crippen LogP contribution is -2.34. The third-order valence-electron chi connectivity index (χ3n) is 3.82. The predicted molar refractivity (Wildman–Crippen MR) is 85.5 cm³/mol. The summed E-state index contributed by atoms with van der Waals surface area (Å²) in [5.74, 6) is 0.372. The molecule has 8 heteroatoms. The van der Waals surface area contributed by atoms with E-state index in [1.165, 1.54) is 29.6 Å². The molecular weight excluding hydrogens is 326 g/mol. The molecule has 0 radical (unpaired) electrons. The van der Waals surface area contributed by atoms with Crippen molar-refractivity contribution in [1.29, 1.82) is 5.26 Å². The van der Waals surface area contributed by atoms with Gasteiger partial charge in [0, 0.05) is 12.6 Å². The lowest BCUT2D eigenvalue weighted by molar-refractivity contribution is 0.385. The highest BCUT2D eigenvalue weighted by molar-refractivity contribution is 7.89. The Bertz CT molecular complexity index is 672. The van der Waals surface area contributed by atoms with Crippen LogP contribution in [-0.4, -0.2) is 39.0 Å². The number of halogens is 1. The summed E-state index contributed by atoms with van der Waals surface area (Å²) in [5, 5.41) is 8.89. The summed E-state index contributed by atoms with van der Waals surface area (Å²) < 4.78 is 32.2. The van der Waals surface area contributed by atoms with E-state index < -0.39 is 10.0 Å². The topological polar surface area (TPSA) is 96.4 Å². The molecule has 6 nitrogen and oxygen atoms in total. The smallest absolute Gasteiger partial charge is 0.247 e. The summed E-state index contributed by atoms with van der Waals surface area (Å²) in [6, 6.07) is 6.22. The maximum atomic E-state index is 12.8. The number of rotatable bonds is 4. The fraction of sp³-hybridized carbons (Fsp3) is 0.500. The van der Waals surface area contributed by atoms with Crippen molar-refractivity contribution >= 4 is 22.4 Å². The average molecular weight is 346 g/mol. The zero-order valence-electron chi connectivity index (χ0n) is 12.5. The molecule has 1 fully saturated rings. The fourth-order valence-corrected chi connectivity index (χ4v) is 4.55. The van der Waals surface area contributed by atoms with Crippen LogP contribution in [0.5, 0.6) is 5.75 Å². The van der Waals surface area contributed by atoms with E-state index >= 15 is 0 Å². The molecule has 22 heavy (non-hydrogen) atoms. The summed E-state index contributed by atoms with van der Waals surface area (Å²) in [4.78, 5) is 0.0912. The fourth-order valence-electron chi connectivity index (χ4n) is 2.69. The van der Waals surface area contributed by atoms with Gasteiger partial charge in [-0.05, 0) is 44.0 Å². The van der Waals surface area contributed by atoms with Crippen LogP contribution in [0.15, 0.2) is 23.1 Å². The number of nitrogens with zero attached hydrogens (tertiary/aromatic N) is 2. The predicted octanol–water partition coefficient (Wildman–Crippen LogP) is 1.35. The van der Waals surface area contributed by atoms with Gasteiger partial charge in [-0.1, -0.05) is 0 Å². The van der Waals surface area contributed by atoms with E-state index in [1.807, 2.05) is 13.0 Å². The summed E-state index contributed by atoms with van der Waals surface area (Å²) in [6.45, 7) is 2.77. The Morgan fingerprint density at radius 3 is 2.68 bits per heavy atom. The van der Waals surface area contributed by atoms with Gasteiger partial charge in [-0.2, -0.15) is 9.57 Å². The molecule has 1 saturated heterocycles. The Kier molecular flexibility index (Phi) is 6.20. The van der Waals surface area contributed by atoms with Crippen LogP contribution in [0.1, 0.15) is 18.9 Å². The number of ether oxygens (including phenoxy) is 1. The van der Waals surface area contributed by atoms with Gasteiger partial charge < -0.3 is 10.5 Å². The quantitative estimate of drug-likeness (QED) is 0.888. The van der Waals surface area contributed by atoms with E-state index in [0.717, 1.165) is 6.42 Å². The van der Waals surface area contributed by atoms with Crippen molar-refractivity contribution in [2.45, 2.75) is 24.3 Å². The maximum Gasteiger partial charge on any atom is 0.247 e. The van der Waals surface area contributed by atoms with Crippen molar-refractivity contribution in [3.63, 3.8) is 0 Å². The summed E-state index contributed by atoms with van der Waals surface area (Å²) >= 11 is 0. The number of nitriles is 1. The summed E-state index contributed by atoms with van der Waals surface area (Å²) in [6.07, 6.45) is 0.758. The number of benzene rings is 1. The molecule has 122 valence electrons. The Morgan fingerprint density at radius 1 is 1.50 bits per heavy atom. The molecule has 0 aliphatic carbocycles. The lowest BCUT2D eigenvalue weighted by atomic mass is 10.1. The van der Waals surface area contributed by atoms with Gasteiger partial charge >= 0.3 is 0 Å². The second-order valence-corrected chi connectivity index (χ2v) is 7.10. The number of hydrogen-bond donors (Lipinski definition) is 1. The summed E-state index contributed by atoms with van der Waals surface area (Å²) in [5.41, 5.74) is 6.01. The van der Waals surface area contributed by atoms with E-state index in [0.29, 0.717) is 18.7 Å². The van der Waals surface area contributed by atoms with Crippen LogP contribution < -0.4 is 10.5 Å². The van der Waals surface area contributed by atoms with Crippen LogP contribution in [0.3, 0.4) is 0 Å². The molecule has 1 aromatic carbocycles. The van der Waals surface area contributed by atoms with E-state index in [1.54, 1.807) is 0 Å². The van der Waals surface area contributed by atoms with Crippen LogP contribution in [0.2, 0.25) is 0 Å². The summed E-state index contributed by atoms with van der Waals surface area (Å²) in [7, 11) is -2.26. The first kappa shape index (κ1) is 18.7. The Hall–Kier alpha value is -1.33. The van der Waals surface area contributed by atoms with Crippen molar-refractivity contribution in [1.82, 2.24) is 4.31 Å². The second-order valence-electron chi connectivity index (χ2n) is 5.24. The molecule has 0 aromatic heterocycles. The van der Waals surface area contributed by atoms with Gasteiger partial charge in [-0.25, -0.2) is 8.42 Å². The number of nitrogens with two attached hydrogens (primary N) is 1. The molecule has 2 unspecified atom stereocenters. The molecule has 1 aliphatic rings. The van der Waals surface area contributed by atoms with Crippen LogP contribution in [-0.2, 0) is 10.0 Å². The number of sulfonamides is 1. The minimum absolute atomic E-state index is 0. The highest BCUT2D eigenvalue weighted by Crippen LogP contribution is 2.33. The van der Waals surface area contributed by atoms with Gasteiger partial charge in [0.25, 0.3) is 0 Å². The van der Waals surface area contributed by atoms with Crippen LogP contribution in [0.25, 0.3) is 0 Å². The van der Waals surface area contributed by atoms with Crippen molar-refractivity contribution in [2.75, 3.05) is 20.2 Å². The molecule has 2 rings (SSSR count). The normalized spacial score (nSPS) is 21.9. The molecule has 1 heterocycles. The zero-order chi connectivity index (χ0) is 15.6. The molecule has 0 bridgehead atoms. The monoisotopic (exact) mass is 345 g/mol. The maximum absolute atomic E-state index is 12.8. The van der Waals surface area contributed by atoms with E-state index in [-0.39, 0.29) is 35.0 Å². The molecule has 2 N–H and O–H groups in total. The Labute approximate surface area is 137 Å². The first-order valence-electron chi connectivity index (χ1n) is 6.74. The molecule has 0 spiro atoms. The molecule has 1 aromatic rings. The van der Waals surface area contributed by atoms with E-state index in [4.69, 9.17) is 15.7 Å². The van der Waals surface area contributed by atoms with Gasteiger partial charge in [-0.15, -0.1) is 12.4 Å².